The molecule has 1 saturated carbocycles. The van der Waals surface area contributed by atoms with Crippen molar-refractivity contribution in [3.05, 3.63) is 0 Å². The summed E-state index contributed by atoms with van der Waals surface area (Å²) in [5.74, 6) is 0. The minimum atomic E-state index is -0.793. The van der Waals surface area contributed by atoms with Gasteiger partial charge >= 0.3 is 6.09 Å². The zero-order valence-corrected chi connectivity index (χ0v) is 6.99. The Kier molecular flexibility index (Phi) is 1.54. The molecule has 68 valence electrons. The Balaban J connectivity index is 1.90. The lowest BCUT2D eigenvalue weighted by Crippen LogP contribution is -2.39. The maximum Gasteiger partial charge on any atom is 0.407 e. The molecular formula is C8H14N2O2. The number of hydrogen-bond acceptors (Lipinski definition) is 2. The van der Waals surface area contributed by atoms with Gasteiger partial charge in [-0.1, -0.05) is 0 Å². The first-order valence-electron chi connectivity index (χ1n) is 4.37. The van der Waals surface area contributed by atoms with Gasteiger partial charge in [0, 0.05) is 19.1 Å². The fourth-order valence-corrected chi connectivity index (χ4v) is 2.10. The molecule has 1 atom stereocenters. The van der Waals surface area contributed by atoms with Crippen LogP contribution in [0.5, 0.6) is 0 Å². The molecule has 12 heavy (non-hydrogen) atoms. The number of amides is 1. The highest BCUT2D eigenvalue weighted by molar-refractivity contribution is 5.65. The molecule has 0 aromatic carbocycles. The van der Waals surface area contributed by atoms with Gasteiger partial charge in [0.25, 0.3) is 0 Å². The number of hydrogen-bond donors (Lipinski definition) is 2. The fourth-order valence-electron chi connectivity index (χ4n) is 2.10. The first kappa shape index (κ1) is 7.86. The number of nitrogens with zero attached hydrogens (tertiary/aromatic N) is 1. The number of piperidine rings is 1. The monoisotopic (exact) mass is 170 g/mol. The van der Waals surface area contributed by atoms with E-state index < -0.39 is 6.09 Å². The third-order valence-electron chi connectivity index (χ3n) is 3.28. The Morgan fingerprint density at radius 3 is 2.33 bits per heavy atom. The molecule has 0 bridgehead atoms. The summed E-state index contributed by atoms with van der Waals surface area (Å²) >= 11 is 0. The third-order valence-corrected chi connectivity index (χ3v) is 3.28. The second-order valence-corrected chi connectivity index (χ2v) is 3.94. The highest BCUT2D eigenvalue weighted by Crippen LogP contribution is 2.52. The molecular weight excluding hydrogens is 156 g/mol. The Bertz CT molecular complexity index is 209. The Hall–Kier alpha value is -0.770. The van der Waals surface area contributed by atoms with Crippen molar-refractivity contribution in [2.45, 2.75) is 25.3 Å². The predicted molar refractivity (Wildman–Crippen MR) is 43.9 cm³/mol. The lowest BCUT2D eigenvalue weighted by atomic mass is 9.93. The van der Waals surface area contributed by atoms with E-state index in [-0.39, 0.29) is 0 Å². The molecule has 0 aromatic heterocycles. The minimum absolute atomic E-state index is 0.325. The molecule has 0 radical (unpaired) electrons. The molecule has 1 heterocycles. The Labute approximate surface area is 71.3 Å². The van der Waals surface area contributed by atoms with E-state index in [1.165, 1.54) is 4.90 Å². The summed E-state index contributed by atoms with van der Waals surface area (Å²) in [7, 11) is 0. The van der Waals surface area contributed by atoms with Gasteiger partial charge in [-0.3, -0.25) is 0 Å². The van der Waals surface area contributed by atoms with Crippen molar-refractivity contribution in [3.63, 3.8) is 0 Å². The van der Waals surface area contributed by atoms with Gasteiger partial charge in [0.15, 0.2) is 0 Å². The van der Waals surface area contributed by atoms with E-state index in [0.717, 1.165) is 19.3 Å². The van der Waals surface area contributed by atoms with Crippen LogP contribution >= 0.6 is 0 Å². The van der Waals surface area contributed by atoms with Crippen LogP contribution in [-0.4, -0.2) is 35.2 Å². The summed E-state index contributed by atoms with van der Waals surface area (Å²) in [5.41, 5.74) is 6.11. The predicted octanol–water partition coefficient (Wildman–Crippen LogP) is 0.478. The van der Waals surface area contributed by atoms with Crippen LogP contribution in [0.4, 0.5) is 4.79 Å². The van der Waals surface area contributed by atoms with Gasteiger partial charge in [-0.05, 0) is 24.7 Å². The molecule has 1 aliphatic carbocycles. The van der Waals surface area contributed by atoms with Crippen molar-refractivity contribution in [1.82, 2.24) is 4.90 Å². The van der Waals surface area contributed by atoms with Crippen LogP contribution in [0.2, 0.25) is 0 Å². The summed E-state index contributed by atoms with van der Waals surface area (Å²) in [5, 5.41) is 8.69. The van der Waals surface area contributed by atoms with Gasteiger partial charge in [-0.25, -0.2) is 4.79 Å². The van der Waals surface area contributed by atoms with Gasteiger partial charge in [-0.15, -0.1) is 0 Å². The number of carboxylic acid groups (broad SMARTS) is 1. The number of likely N-dealkylation sites (tertiary alicyclic amines) is 1. The van der Waals surface area contributed by atoms with Crippen LogP contribution < -0.4 is 5.73 Å². The normalized spacial score (nSPS) is 32.1. The molecule has 2 aliphatic rings. The van der Waals surface area contributed by atoms with E-state index in [2.05, 4.69) is 0 Å². The van der Waals surface area contributed by atoms with E-state index in [1.54, 1.807) is 0 Å². The third kappa shape index (κ3) is 1.06. The molecule has 1 amide bonds. The average Bonchev–Trinajstić information content (AvgIpc) is 2.62. The van der Waals surface area contributed by atoms with Crippen LogP contribution in [-0.2, 0) is 0 Å². The lowest BCUT2D eigenvalue weighted by molar-refractivity contribution is 0.119. The maximum absolute atomic E-state index is 10.6. The van der Waals surface area contributed by atoms with Crippen molar-refractivity contribution < 1.29 is 9.90 Å². The van der Waals surface area contributed by atoms with Crippen LogP contribution in [0.15, 0.2) is 0 Å². The zero-order valence-electron chi connectivity index (χ0n) is 6.99. The molecule has 1 spiro atoms. The average molecular weight is 170 g/mol. The quantitative estimate of drug-likeness (QED) is 0.555. The standard InChI is InChI=1S/C8H14N2O2/c9-6-5-8(6)1-3-10(4-2-8)7(11)12/h6H,1-5,9H2,(H,11,12). The van der Waals surface area contributed by atoms with E-state index in [9.17, 15) is 4.79 Å². The smallest absolute Gasteiger partial charge is 0.407 e. The molecule has 1 aliphatic heterocycles. The molecule has 2 fully saturated rings. The summed E-state index contributed by atoms with van der Waals surface area (Å²) in [6, 6.07) is 0.341. The number of nitrogens with two attached hydrogens (primary N) is 1. The van der Waals surface area contributed by atoms with Gasteiger partial charge in [0.2, 0.25) is 0 Å². The highest BCUT2D eigenvalue weighted by atomic mass is 16.4. The summed E-state index contributed by atoms with van der Waals surface area (Å²) in [4.78, 5) is 12.0. The zero-order chi connectivity index (χ0) is 8.77. The Morgan fingerprint density at radius 2 is 2.00 bits per heavy atom. The second kappa shape index (κ2) is 2.36. The van der Waals surface area contributed by atoms with Crippen molar-refractivity contribution in [2.75, 3.05) is 13.1 Å². The van der Waals surface area contributed by atoms with Crippen LogP contribution in [0, 0.1) is 5.41 Å². The second-order valence-electron chi connectivity index (χ2n) is 3.94. The van der Waals surface area contributed by atoms with Crippen LogP contribution in [0.3, 0.4) is 0 Å². The van der Waals surface area contributed by atoms with Crippen LogP contribution in [0.25, 0.3) is 0 Å². The van der Waals surface area contributed by atoms with E-state index in [0.29, 0.717) is 24.5 Å². The summed E-state index contributed by atoms with van der Waals surface area (Å²) in [6.07, 6.45) is 2.22. The molecule has 4 heteroatoms. The van der Waals surface area contributed by atoms with E-state index >= 15 is 0 Å². The first-order chi connectivity index (χ1) is 5.64. The molecule has 1 saturated heterocycles. The molecule has 1 unspecified atom stereocenters. The molecule has 3 N–H and O–H groups in total. The SMILES string of the molecule is NC1CC12CCN(C(=O)O)CC2. The molecule has 0 aromatic rings. The topological polar surface area (TPSA) is 66.6 Å². The van der Waals surface area contributed by atoms with Crippen molar-refractivity contribution in [1.29, 1.82) is 0 Å². The maximum atomic E-state index is 10.6. The number of rotatable bonds is 0. The highest BCUT2D eigenvalue weighted by Gasteiger charge is 2.53. The van der Waals surface area contributed by atoms with Gasteiger partial charge in [0.1, 0.15) is 0 Å². The lowest BCUT2D eigenvalue weighted by Gasteiger charge is -2.30. The van der Waals surface area contributed by atoms with Crippen molar-refractivity contribution >= 4 is 6.09 Å². The summed E-state index contributed by atoms with van der Waals surface area (Å²) < 4.78 is 0. The van der Waals surface area contributed by atoms with Gasteiger partial charge in [-0.2, -0.15) is 0 Å². The van der Waals surface area contributed by atoms with E-state index in [1.807, 2.05) is 0 Å². The van der Waals surface area contributed by atoms with Gasteiger partial charge < -0.3 is 15.7 Å². The Morgan fingerprint density at radius 1 is 1.50 bits per heavy atom. The number of carbonyl (C=O) groups is 1. The van der Waals surface area contributed by atoms with Crippen molar-refractivity contribution in [2.24, 2.45) is 11.1 Å². The molecule has 4 nitrogen and oxygen atoms in total. The fraction of sp³-hybridized carbons (Fsp3) is 0.875. The first-order valence-corrected chi connectivity index (χ1v) is 4.37. The minimum Gasteiger partial charge on any atom is -0.465 e. The molecule has 2 rings (SSSR count). The summed E-state index contributed by atoms with van der Waals surface area (Å²) in [6.45, 7) is 1.34. The van der Waals surface area contributed by atoms with Crippen LogP contribution in [0.1, 0.15) is 19.3 Å². The van der Waals surface area contributed by atoms with Gasteiger partial charge in [0.05, 0.1) is 0 Å². The largest absolute Gasteiger partial charge is 0.465 e. The van der Waals surface area contributed by atoms with Crippen molar-refractivity contribution in [3.8, 4) is 0 Å². The van der Waals surface area contributed by atoms with E-state index in [4.69, 9.17) is 10.8 Å².